The number of benzene rings is 1. The fourth-order valence-corrected chi connectivity index (χ4v) is 2.05. The highest BCUT2D eigenvalue weighted by molar-refractivity contribution is 9.10. The van der Waals surface area contributed by atoms with E-state index in [1.165, 1.54) is 6.21 Å². The summed E-state index contributed by atoms with van der Waals surface area (Å²) in [7, 11) is 1.58. The summed E-state index contributed by atoms with van der Waals surface area (Å²) in [6.45, 7) is -0.149. The van der Waals surface area contributed by atoms with Crippen LogP contribution in [0.2, 0.25) is 0 Å². The second kappa shape index (κ2) is 8.79. The predicted octanol–water partition coefficient (Wildman–Crippen LogP) is 3.24. The van der Waals surface area contributed by atoms with Crippen LogP contribution in [-0.2, 0) is 4.79 Å². The molecule has 0 radical (unpaired) electrons. The maximum atomic E-state index is 11.6. The smallest absolute Gasteiger partial charge is 0.277 e. The SMILES string of the molecule is COc1ccc(OCC(=O)N/N=C\C=C\c2ccco2)c(Br)c1. The summed E-state index contributed by atoms with van der Waals surface area (Å²) in [5, 5.41) is 3.77. The molecule has 1 heterocycles. The van der Waals surface area contributed by atoms with Gasteiger partial charge in [0.25, 0.3) is 5.91 Å². The van der Waals surface area contributed by atoms with E-state index in [9.17, 15) is 4.79 Å². The lowest BCUT2D eigenvalue weighted by atomic mass is 10.3. The second-order valence-electron chi connectivity index (χ2n) is 4.27. The molecule has 1 N–H and O–H groups in total. The van der Waals surface area contributed by atoms with E-state index in [1.807, 2.05) is 6.07 Å². The van der Waals surface area contributed by atoms with Crippen molar-refractivity contribution in [2.45, 2.75) is 0 Å². The van der Waals surface area contributed by atoms with E-state index >= 15 is 0 Å². The monoisotopic (exact) mass is 378 g/mol. The molecule has 0 spiro atoms. The van der Waals surface area contributed by atoms with Gasteiger partial charge >= 0.3 is 0 Å². The van der Waals surface area contributed by atoms with Crippen LogP contribution in [0, 0.1) is 0 Å². The summed E-state index contributed by atoms with van der Waals surface area (Å²) in [4.78, 5) is 11.6. The number of halogens is 1. The minimum atomic E-state index is -0.365. The standard InChI is InChI=1S/C16H15BrN2O4/c1-21-13-6-7-15(14(17)10-13)23-11-16(20)19-18-8-2-4-12-5-3-9-22-12/h2-10H,11H2,1H3,(H,19,20)/b4-2+,18-8-. The van der Waals surface area contributed by atoms with Crippen LogP contribution in [0.15, 0.2) is 56.7 Å². The van der Waals surface area contributed by atoms with Crippen molar-refractivity contribution in [1.82, 2.24) is 5.43 Å². The van der Waals surface area contributed by atoms with E-state index in [0.717, 1.165) is 0 Å². The summed E-state index contributed by atoms with van der Waals surface area (Å²) in [6, 6.07) is 8.81. The van der Waals surface area contributed by atoms with Gasteiger partial charge in [0.15, 0.2) is 6.61 Å². The van der Waals surface area contributed by atoms with E-state index in [2.05, 4.69) is 26.5 Å². The van der Waals surface area contributed by atoms with Crippen molar-refractivity contribution in [2.24, 2.45) is 5.10 Å². The summed E-state index contributed by atoms with van der Waals surface area (Å²) in [5.41, 5.74) is 2.36. The van der Waals surface area contributed by atoms with Crippen LogP contribution in [0.3, 0.4) is 0 Å². The number of hydrogen-bond acceptors (Lipinski definition) is 5. The molecule has 0 aliphatic carbocycles. The van der Waals surface area contributed by atoms with Gasteiger partial charge in [-0.1, -0.05) is 0 Å². The van der Waals surface area contributed by atoms with Crippen molar-refractivity contribution in [2.75, 3.05) is 13.7 Å². The van der Waals surface area contributed by atoms with Crippen molar-refractivity contribution >= 4 is 34.1 Å². The summed E-state index contributed by atoms with van der Waals surface area (Å²) in [6.07, 6.45) is 6.40. The molecule has 0 atom stereocenters. The lowest BCUT2D eigenvalue weighted by Crippen LogP contribution is -2.24. The number of allylic oxidation sites excluding steroid dienone is 1. The van der Waals surface area contributed by atoms with Crippen LogP contribution in [0.25, 0.3) is 6.08 Å². The molecule has 1 aromatic heterocycles. The number of nitrogens with zero attached hydrogens (tertiary/aromatic N) is 1. The number of carbonyl (C=O) groups excluding carboxylic acids is 1. The lowest BCUT2D eigenvalue weighted by Gasteiger charge is -2.08. The molecule has 6 nitrogen and oxygen atoms in total. The first-order chi connectivity index (χ1) is 11.2. The van der Waals surface area contributed by atoms with Gasteiger partial charge in [0.2, 0.25) is 0 Å². The number of nitrogens with one attached hydrogen (secondary N) is 1. The topological polar surface area (TPSA) is 73.1 Å². The Labute approximate surface area is 141 Å². The Hall–Kier alpha value is -2.54. The van der Waals surface area contributed by atoms with Gasteiger partial charge in [-0.25, -0.2) is 5.43 Å². The highest BCUT2D eigenvalue weighted by atomic mass is 79.9. The molecule has 7 heteroatoms. The molecule has 0 saturated heterocycles. The number of amides is 1. The fraction of sp³-hybridized carbons (Fsp3) is 0.125. The Balaban J connectivity index is 1.74. The van der Waals surface area contributed by atoms with Crippen LogP contribution < -0.4 is 14.9 Å². The Morgan fingerprint density at radius 2 is 2.30 bits per heavy atom. The highest BCUT2D eigenvalue weighted by Crippen LogP contribution is 2.28. The van der Waals surface area contributed by atoms with Crippen LogP contribution in [-0.4, -0.2) is 25.8 Å². The number of rotatable bonds is 7. The molecule has 1 aromatic carbocycles. The van der Waals surface area contributed by atoms with Crippen LogP contribution >= 0.6 is 15.9 Å². The van der Waals surface area contributed by atoms with E-state index in [-0.39, 0.29) is 12.5 Å². The molecule has 0 fully saturated rings. The van der Waals surface area contributed by atoms with Gasteiger partial charge in [-0.05, 0) is 58.4 Å². The molecular formula is C16H15BrN2O4. The molecule has 120 valence electrons. The largest absolute Gasteiger partial charge is 0.497 e. The quantitative estimate of drug-likeness (QED) is 0.592. The molecule has 0 aliphatic heterocycles. The number of hydrazone groups is 1. The summed E-state index contributed by atoms with van der Waals surface area (Å²) in [5.74, 6) is 1.58. The van der Waals surface area contributed by atoms with Crippen molar-refractivity contribution in [1.29, 1.82) is 0 Å². The first-order valence-electron chi connectivity index (χ1n) is 6.67. The average Bonchev–Trinajstić information content (AvgIpc) is 3.06. The molecule has 23 heavy (non-hydrogen) atoms. The zero-order valence-electron chi connectivity index (χ0n) is 12.4. The Morgan fingerprint density at radius 3 is 3.00 bits per heavy atom. The maximum absolute atomic E-state index is 11.6. The van der Waals surface area contributed by atoms with Gasteiger partial charge in [0.1, 0.15) is 17.3 Å². The minimum absolute atomic E-state index is 0.149. The van der Waals surface area contributed by atoms with E-state index in [4.69, 9.17) is 13.9 Å². The van der Waals surface area contributed by atoms with Gasteiger partial charge < -0.3 is 13.9 Å². The van der Waals surface area contributed by atoms with Gasteiger partial charge in [-0.2, -0.15) is 5.10 Å². The predicted molar refractivity (Wildman–Crippen MR) is 90.6 cm³/mol. The molecule has 0 saturated carbocycles. The van der Waals surface area contributed by atoms with Crippen molar-refractivity contribution in [3.05, 3.63) is 52.9 Å². The number of methoxy groups -OCH3 is 1. The van der Waals surface area contributed by atoms with Crippen LogP contribution in [0.4, 0.5) is 0 Å². The molecule has 0 aliphatic rings. The zero-order valence-corrected chi connectivity index (χ0v) is 13.9. The molecular weight excluding hydrogens is 364 g/mol. The van der Waals surface area contributed by atoms with Crippen molar-refractivity contribution in [3.63, 3.8) is 0 Å². The molecule has 1 amide bonds. The average molecular weight is 379 g/mol. The van der Waals surface area contributed by atoms with Crippen LogP contribution in [0.1, 0.15) is 5.76 Å². The minimum Gasteiger partial charge on any atom is -0.497 e. The van der Waals surface area contributed by atoms with E-state index in [1.54, 1.807) is 49.8 Å². The van der Waals surface area contributed by atoms with Gasteiger partial charge in [-0.15, -0.1) is 0 Å². The number of carbonyl (C=O) groups is 1. The van der Waals surface area contributed by atoms with Gasteiger partial charge in [0, 0.05) is 6.21 Å². The number of furan rings is 1. The molecule has 2 aromatic rings. The Bertz CT molecular complexity index is 696. The first-order valence-corrected chi connectivity index (χ1v) is 7.47. The number of ether oxygens (including phenoxy) is 2. The van der Waals surface area contributed by atoms with Gasteiger partial charge in [-0.3, -0.25) is 4.79 Å². The van der Waals surface area contributed by atoms with Crippen LogP contribution in [0.5, 0.6) is 11.5 Å². The highest BCUT2D eigenvalue weighted by Gasteiger charge is 2.06. The fourth-order valence-electron chi connectivity index (χ4n) is 1.58. The maximum Gasteiger partial charge on any atom is 0.277 e. The van der Waals surface area contributed by atoms with Crippen molar-refractivity contribution in [3.8, 4) is 11.5 Å². The first kappa shape index (κ1) is 16.8. The molecule has 0 bridgehead atoms. The number of hydrogen-bond donors (Lipinski definition) is 1. The van der Waals surface area contributed by atoms with Crippen molar-refractivity contribution < 1.29 is 18.7 Å². The van der Waals surface area contributed by atoms with Gasteiger partial charge in [0.05, 0.1) is 17.8 Å². The molecule has 2 rings (SSSR count). The molecule has 0 unspecified atom stereocenters. The third-order valence-corrected chi connectivity index (χ3v) is 3.27. The Kier molecular flexibility index (Phi) is 6.43. The third-order valence-electron chi connectivity index (χ3n) is 2.65. The van der Waals surface area contributed by atoms with E-state index in [0.29, 0.717) is 21.7 Å². The zero-order chi connectivity index (χ0) is 16.5. The van der Waals surface area contributed by atoms with E-state index < -0.39 is 0 Å². The Morgan fingerprint density at radius 1 is 1.43 bits per heavy atom. The summed E-state index contributed by atoms with van der Waals surface area (Å²) >= 11 is 3.35. The normalized spacial score (nSPS) is 11.0. The lowest BCUT2D eigenvalue weighted by molar-refractivity contribution is -0.123. The summed E-state index contributed by atoms with van der Waals surface area (Å²) < 4.78 is 16.3. The third kappa shape index (κ3) is 5.63. The second-order valence-corrected chi connectivity index (χ2v) is 5.13.